The summed E-state index contributed by atoms with van der Waals surface area (Å²) in [5, 5.41) is 3.05. The van der Waals surface area contributed by atoms with Crippen molar-refractivity contribution in [1.82, 2.24) is 5.32 Å². The first-order chi connectivity index (χ1) is 7.07. The SMILES string of the molecule is FC(F)(F)C1CCCNC1CC1CCC1. The third kappa shape index (κ3) is 2.65. The Balaban J connectivity index is 1.92. The fraction of sp³-hybridized carbons (Fsp3) is 1.00. The van der Waals surface area contributed by atoms with Gasteiger partial charge in [-0.2, -0.15) is 13.2 Å². The summed E-state index contributed by atoms with van der Waals surface area (Å²) in [6.45, 7) is 0.754. The van der Waals surface area contributed by atoms with Crippen LogP contribution in [0.2, 0.25) is 0 Å². The van der Waals surface area contributed by atoms with Crippen molar-refractivity contribution < 1.29 is 13.2 Å². The minimum absolute atomic E-state index is 0.313. The molecule has 1 aliphatic carbocycles. The molecule has 1 heterocycles. The maximum absolute atomic E-state index is 12.7. The Bertz CT molecular complexity index is 210. The molecule has 2 atom stereocenters. The molecule has 2 unspecified atom stereocenters. The summed E-state index contributed by atoms with van der Waals surface area (Å²) in [4.78, 5) is 0. The number of nitrogens with one attached hydrogen (secondary N) is 1. The summed E-state index contributed by atoms with van der Waals surface area (Å²) in [5.74, 6) is -0.558. The van der Waals surface area contributed by atoms with Crippen LogP contribution in [0.1, 0.15) is 38.5 Å². The highest BCUT2D eigenvalue weighted by atomic mass is 19.4. The molecule has 15 heavy (non-hydrogen) atoms. The van der Waals surface area contributed by atoms with E-state index in [0.717, 1.165) is 25.8 Å². The van der Waals surface area contributed by atoms with Crippen molar-refractivity contribution in [3.05, 3.63) is 0 Å². The van der Waals surface area contributed by atoms with Crippen LogP contribution in [0.4, 0.5) is 13.2 Å². The Labute approximate surface area is 88.4 Å². The summed E-state index contributed by atoms with van der Waals surface area (Å²) in [6, 6.07) is -0.316. The van der Waals surface area contributed by atoms with Crippen LogP contribution < -0.4 is 5.32 Å². The molecule has 0 amide bonds. The largest absolute Gasteiger partial charge is 0.393 e. The molecule has 4 heteroatoms. The molecule has 0 aromatic carbocycles. The van der Waals surface area contributed by atoms with Gasteiger partial charge in [-0.1, -0.05) is 19.3 Å². The van der Waals surface area contributed by atoms with Gasteiger partial charge < -0.3 is 5.32 Å². The quantitative estimate of drug-likeness (QED) is 0.755. The second-order valence-electron chi connectivity index (χ2n) is 4.88. The number of rotatable bonds is 2. The lowest BCUT2D eigenvalue weighted by molar-refractivity contribution is -0.190. The van der Waals surface area contributed by atoms with Crippen LogP contribution in [-0.4, -0.2) is 18.8 Å². The fourth-order valence-corrected chi connectivity index (χ4v) is 2.68. The average molecular weight is 221 g/mol. The third-order valence-corrected chi connectivity index (χ3v) is 3.82. The normalized spacial score (nSPS) is 33.8. The molecule has 0 radical (unpaired) electrons. The van der Waals surface area contributed by atoms with Crippen LogP contribution in [0.5, 0.6) is 0 Å². The Morgan fingerprint density at radius 1 is 1.07 bits per heavy atom. The topological polar surface area (TPSA) is 12.0 Å². The number of alkyl halides is 3. The molecule has 2 fully saturated rings. The summed E-state index contributed by atoms with van der Waals surface area (Å²) >= 11 is 0. The van der Waals surface area contributed by atoms with Crippen LogP contribution in [-0.2, 0) is 0 Å². The van der Waals surface area contributed by atoms with E-state index >= 15 is 0 Å². The fourth-order valence-electron chi connectivity index (χ4n) is 2.68. The zero-order valence-electron chi connectivity index (χ0n) is 8.82. The van der Waals surface area contributed by atoms with Gasteiger partial charge in [0.15, 0.2) is 0 Å². The van der Waals surface area contributed by atoms with Gasteiger partial charge in [0.05, 0.1) is 5.92 Å². The smallest absolute Gasteiger partial charge is 0.313 e. The molecule has 1 saturated carbocycles. The van der Waals surface area contributed by atoms with Gasteiger partial charge in [0.1, 0.15) is 0 Å². The van der Waals surface area contributed by atoms with Gasteiger partial charge >= 0.3 is 6.18 Å². The maximum atomic E-state index is 12.7. The van der Waals surface area contributed by atoms with E-state index < -0.39 is 12.1 Å². The summed E-state index contributed by atoms with van der Waals surface area (Å²) < 4.78 is 38.2. The first-order valence-corrected chi connectivity index (χ1v) is 5.87. The number of hydrogen-bond acceptors (Lipinski definition) is 1. The molecule has 2 aliphatic rings. The van der Waals surface area contributed by atoms with Crippen LogP contribution in [0.3, 0.4) is 0 Å². The zero-order chi connectivity index (χ0) is 10.9. The molecule has 2 rings (SSSR count). The predicted octanol–water partition coefficient (Wildman–Crippen LogP) is 3.11. The molecular weight excluding hydrogens is 203 g/mol. The lowest BCUT2D eigenvalue weighted by Gasteiger charge is -2.38. The van der Waals surface area contributed by atoms with E-state index in [0.29, 0.717) is 18.8 Å². The molecule has 88 valence electrons. The zero-order valence-corrected chi connectivity index (χ0v) is 8.82. The summed E-state index contributed by atoms with van der Waals surface area (Å²) in [7, 11) is 0. The standard InChI is InChI=1S/C11H18F3N/c12-11(13,14)9-5-2-6-15-10(9)7-8-3-1-4-8/h8-10,15H,1-7H2. The van der Waals surface area contributed by atoms with Gasteiger partial charge in [0.2, 0.25) is 0 Å². The minimum Gasteiger partial charge on any atom is -0.313 e. The van der Waals surface area contributed by atoms with Gasteiger partial charge in [-0.05, 0) is 31.7 Å². The Morgan fingerprint density at radius 3 is 2.33 bits per heavy atom. The predicted molar refractivity (Wildman–Crippen MR) is 52.5 cm³/mol. The van der Waals surface area contributed by atoms with E-state index in [1.54, 1.807) is 0 Å². The van der Waals surface area contributed by atoms with Gasteiger partial charge in [0, 0.05) is 6.04 Å². The van der Waals surface area contributed by atoms with Crippen LogP contribution in [0.25, 0.3) is 0 Å². The van der Waals surface area contributed by atoms with Crippen molar-refractivity contribution in [1.29, 1.82) is 0 Å². The average Bonchev–Trinajstić information content (AvgIpc) is 2.10. The highest BCUT2D eigenvalue weighted by molar-refractivity contribution is 4.88. The van der Waals surface area contributed by atoms with E-state index in [4.69, 9.17) is 0 Å². The van der Waals surface area contributed by atoms with Crippen LogP contribution in [0, 0.1) is 11.8 Å². The van der Waals surface area contributed by atoms with Crippen molar-refractivity contribution in [3.63, 3.8) is 0 Å². The van der Waals surface area contributed by atoms with Crippen molar-refractivity contribution in [2.45, 2.75) is 50.7 Å². The molecule has 1 saturated heterocycles. The van der Waals surface area contributed by atoms with Crippen LogP contribution in [0.15, 0.2) is 0 Å². The molecule has 0 spiro atoms. The molecular formula is C11H18F3N. The van der Waals surface area contributed by atoms with E-state index in [1.165, 1.54) is 6.42 Å². The summed E-state index contributed by atoms with van der Waals surface area (Å²) in [6.07, 6.45) is 1.14. The Hall–Kier alpha value is -0.250. The van der Waals surface area contributed by atoms with Crippen molar-refractivity contribution in [3.8, 4) is 0 Å². The highest BCUT2D eigenvalue weighted by Gasteiger charge is 2.46. The van der Waals surface area contributed by atoms with E-state index in [2.05, 4.69) is 5.32 Å². The van der Waals surface area contributed by atoms with Gasteiger partial charge in [-0.3, -0.25) is 0 Å². The third-order valence-electron chi connectivity index (χ3n) is 3.82. The van der Waals surface area contributed by atoms with Gasteiger partial charge in [-0.15, -0.1) is 0 Å². The maximum Gasteiger partial charge on any atom is 0.393 e. The number of hydrogen-bond donors (Lipinski definition) is 1. The van der Waals surface area contributed by atoms with Crippen molar-refractivity contribution >= 4 is 0 Å². The van der Waals surface area contributed by atoms with E-state index in [1.807, 2.05) is 0 Å². The highest BCUT2D eigenvalue weighted by Crippen LogP contribution is 2.39. The molecule has 1 nitrogen and oxygen atoms in total. The first kappa shape index (κ1) is 11.2. The molecule has 1 N–H and O–H groups in total. The van der Waals surface area contributed by atoms with Crippen LogP contribution >= 0.6 is 0 Å². The Morgan fingerprint density at radius 2 is 1.80 bits per heavy atom. The summed E-state index contributed by atoms with van der Waals surface area (Å²) in [5.41, 5.74) is 0. The lowest BCUT2D eigenvalue weighted by Crippen LogP contribution is -2.48. The lowest BCUT2D eigenvalue weighted by atomic mass is 9.76. The molecule has 1 aliphatic heterocycles. The number of halogens is 3. The second kappa shape index (κ2) is 4.32. The minimum atomic E-state index is -4.01. The Kier molecular flexibility index (Phi) is 3.24. The van der Waals surface area contributed by atoms with Gasteiger partial charge in [0.25, 0.3) is 0 Å². The molecule has 0 bridgehead atoms. The van der Waals surface area contributed by atoms with E-state index in [9.17, 15) is 13.2 Å². The van der Waals surface area contributed by atoms with Gasteiger partial charge in [-0.25, -0.2) is 0 Å². The number of piperidine rings is 1. The van der Waals surface area contributed by atoms with E-state index in [-0.39, 0.29) is 6.04 Å². The molecule has 0 aromatic rings. The second-order valence-corrected chi connectivity index (χ2v) is 4.88. The monoisotopic (exact) mass is 221 g/mol. The van der Waals surface area contributed by atoms with Crippen molar-refractivity contribution in [2.75, 3.05) is 6.54 Å². The van der Waals surface area contributed by atoms with Crippen molar-refractivity contribution in [2.24, 2.45) is 11.8 Å². The first-order valence-electron chi connectivity index (χ1n) is 5.87. The molecule has 0 aromatic heterocycles.